The highest BCUT2D eigenvalue weighted by atomic mass is 16.1. The van der Waals surface area contributed by atoms with Gasteiger partial charge in [-0.3, -0.25) is 9.79 Å². The predicted octanol–water partition coefficient (Wildman–Crippen LogP) is 2.57. The van der Waals surface area contributed by atoms with Crippen LogP contribution in [0.4, 0.5) is 0 Å². The molecule has 3 nitrogen and oxygen atoms in total. The average molecular weight is 258 g/mol. The van der Waals surface area contributed by atoms with E-state index in [1.54, 1.807) is 0 Å². The molecule has 0 saturated carbocycles. The minimum Gasteiger partial charge on any atom is -0.369 e. The first-order valence-corrected chi connectivity index (χ1v) is 6.79. The average Bonchev–Trinajstić information content (AvgIpc) is 2.26. The molecule has 1 amide bonds. The van der Waals surface area contributed by atoms with E-state index in [2.05, 4.69) is 19.9 Å². The van der Waals surface area contributed by atoms with Gasteiger partial charge in [0.15, 0.2) is 0 Å². The van der Waals surface area contributed by atoms with Gasteiger partial charge in [0.1, 0.15) is 0 Å². The lowest BCUT2D eigenvalue weighted by molar-refractivity contribution is -0.120. The van der Waals surface area contributed by atoms with Crippen LogP contribution in [0.15, 0.2) is 29.3 Å². The van der Waals surface area contributed by atoms with Crippen molar-refractivity contribution in [1.29, 1.82) is 0 Å². The molecule has 2 N–H and O–H groups in total. The third-order valence-corrected chi connectivity index (χ3v) is 3.61. The normalized spacial score (nSPS) is 18.7. The molecule has 1 aromatic rings. The first-order valence-electron chi connectivity index (χ1n) is 6.79. The molecule has 1 aliphatic rings. The fourth-order valence-electron chi connectivity index (χ4n) is 2.83. The van der Waals surface area contributed by atoms with Crippen LogP contribution in [0.3, 0.4) is 0 Å². The van der Waals surface area contributed by atoms with Crippen molar-refractivity contribution in [2.75, 3.05) is 0 Å². The summed E-state index contributed by atoms with van der Waals surface area (Å²) < 4.78 is 0. The van der Waals surface area contributed by atoms with Crippen LogP contribution in [0.25, 0.3) is 0 Å². The SMILES string of the molecule is CC(C)C(C(N)=O)C1=NC(C)(C)Cc2ccccc21. The third kappa shape index (κ3) is 2.70. The van der Waals surface area contributed by atoms with Gasteiger partial charge in [0, 0.05) is 0 Å². The zero-order valence-corrected chi connectivity index (χ0v) is 12.1. The Kier molecular flexibility index (Phi) is 3.48. The van der Waals surface area contributed by atoms with Crippen molar-refractivity contribution < 1.29 is 4.79 Å². The van der Waals surface area contributed by atoms with Crippen LogP contribution in [0.2, 0.25) is 0 Å². The van der Waals surface area contributed by atoms with Gasteiger partial charge in [-0.25, -0.2) is 0 Å². The smallest absolute Gasteiger partial charge is 0.226 e. The van der Waals surface area contributed by atoms with Crippen molar-refractivity contribution in [2.45, 2.75) is 39.7 Å². The second-order valence-electron chi connectivity index (χ2n) is 6.27. The summed E-state index contributed by atoms with van der Waals surface area (Å²) in [4.78, 5) is 16.6. The van der Waals surface area contributed by atoms with E-state index in [4.69, 9.17) is 10.7 Å². The van der Waals surface area contributed by atoms with Gasteiger partial charge >= 0.3 is 0 Å². The largest absolute Gasteiger partial charge is 0.369 e. The Hall–Kier alpha value is -1.64. The molecule has 0 radical (unpaired) electrons. The summed E-state index contributed by atoms with van der Waals surface area (Å²) >= 11 is 0. The minimum atomic E-state index is -0.319. The minimum absolute atomic E-state index is 0.151. The van der Waals surface area contributed by atoms with Gasteiger partial charge in [0.25, 0.3) is 0 Å². The maximum absolute atomic E-state index is 11.8. The number of hydrogen-bond donors (Lipinski definition) is 1. The third-order valence-electron chi connectivity index (χ3n) is 3.61. The van der Waals surface area contributed by atoms with E-state index in [-0.39, 0.29) is 23.3 Å². The summed E-state index contributed by atoms with van der Waals surface area (Å²) in [7, 11) is 0. The molecule has 1 aromatic carbocycles. The van der Waals surface area contributed by atoms with Crippen molar-refractivity contribution >= 4 is 11.6 Å². The Labute approximate surface area is 114 Å². The van der Waals surface area contributed by atoms with Gasteiger partial charge in [-0.1, -0.05) is 38.1 Å². The number of rotatable bonds is 3. The Bertz CT molecular complexity index is 529. The van der Waals surface area contributed by atoms with Crippen molar-refractivity contribution in [2.24, 2.45) is 22.6 Å². The summed E-state index contributed by atoms with van der Waals surface area (Å²) in [5.41, 5.74) is 8.61. The fourth-order valence-corrected chi connectivity index (χ4v) is 2.83. The molecule has 1 aliphatic heterocycles. The number of carbonyl (C=O) groups is 1. The van der Waals surface area contributed by atoms with E-state index in [0.717, 1.165) is 17.7 Å². The number of carbonyl (C=O) groups excluding carboxylic acids is 1. The molecule has 0 bridgehead atoms. The molecule has 1 heterocycles. The standard InChI is InChI=1S/C16H22N2O/c1-10(2)13(15(17)19)14-12-8-6-5-7-11(12)9-16(3,4)18-14/h5-8,10,13H,9H2,1-4H3,(H2,17,19). The highest BCUT2D eigenvalue weighted by Gasteiger charge is 2.34. The number of nitrogens with two attached hydrogens (primary N) is 1. The lowest BCUT2D eigenvalue weighted by Gasteiger charge is -2.32. The van der Waals surface area contributed by atoms with Crippen LogP contribution in [0.1, 0.15) is 38.8 Å². The first kappa shape index (κ1) is 13.8. The Morgan fingerprint density at radius 3 is 2.53 bits per heavy atom. The van der Waals surface area contributed by atoms with E-state index in [0.29, 0.717) is 0 Å². The van der Waals surface area contributed by atoms with Crippen molar-refractivity contribution in [3.63, 3.8) is 0 Å². The van der Waals surface area contributed by atoms with E-state index in [1.165, 1.54) is 5.56 Å². The molecule has 0 spiro atoms. The lowest BCUT2D eigenvalue weighted by Crippen LogP contribution is -2.40. The lowest BCUT2D eigenvalue weighted by atomic mass is 9.79. The molecule has 2 rings (SSSR count). The fraction of sp³-hybridized carbons (Fsp3) is 0.500. The van der Waals surface area contributed by atoms with Crippen molar-refractivity contribution in [3.8, 4) is 0 Å². The zero-order chi connectivity index (χ0) is 14.2. The molecule has 102 valence electrons. The number of fused-ring (bicyclic) bond motifs is 1. The zero-order valence-electron chi connectivity index (χ0n) is 12.1. The maximum atomic E-state index is 11.8. The first-order chi connectivity index (χ1) is 8.82. The van der Waals surface area contributed by atoms with Crippen LogP contribution in [0.5, 0.6) is 0 Å². The van der Waals surface area contributed by atoms with E-state index < -0.39 is 0 Å². The van der Waals surface area contributed by atoms with Gasteiger partial charge < -0.3 is 5.73 Å². The molecule has 0 saturated heterocycles. The molecule has 19 heavy (non-hydrogen) atoms. The Morgan fingerprint density at radius 1 is 1.32 bits per heavy atom. The molecule has 0 fully saturated rings. The topological polar surface area (TPSA) is 55.5 Å². The molecule has 0 aromatic heterocycles. The van der Waals surface area contributed by atoms with Gasteiger partial charge in [-0.15, -0.1) is 0 Å². The molecule has 0 aliphatic carbocycles. The molecule has 1 atom stereocenters. The maximum Gasteiger partial charge on any atom is 0.226 e. The van der Waals surface area contributed by atoms with Crippen molar-refractivity contribution in [3.05, 3.63) is 35.4 Å². The second kappa shape index (κ2) is 4.80. The Morgan fingerprint density at radius 2 is 1.95 bits per heavy atom. The molecular formula is C16H22N2O. The molecular weight excluding hydrogens is 236 g/mol. The number of aliphatic imine (C=N–C) groups is 1. The van der Waals surface area contributed by atoms with Crippen LogP contribution >= 0.6 is 0 Å². The van der Waals surface area contributed by atoms with E-state index >= 15 is 0 Å². The summed E-state index contributed by atoms with van der Waals surface area (Å²) in [6.07, 6.45) is 0.899. The van der Waals surface area contributed by atoms with Crippen LogP contribution in [-0.2, 0) is 11.2 Å². The van der Waals surface area contributed by atoms with Crippen LogP contribution in [0, 0.1) is 11.8 Å². The molecule has 1 unspecified atom stereocenters. The highest BCUT2D eigenvalue weighted by molar-refractivity contribution is 6.14. The van der Waals surface area contributed by atoms with Gasteiger partial charge in [-0.05, 0) is 37.3 Å². The van der Waals surface area contributed by atoms with Crippen LogP contribution < -0.4 is 5.73 Å². The quantitative estimate of drug-likeness (QED) is 0.890. The number of amides is 1. The predicted molar refractivity (Wildman–Crippen MR) is 78.3 cm³/mol. The summed E-state index contributed by atoms with van der Waals surface area (Å²) in [6.45, 7) is 8.23. The molecule has 3 heteroatoms. The number of benzene rings is 1. The summed E-state index contributed by atoms with van der Waals surface area (Å²) in [5, 5.41) is 0. The number of hydrogen-bond acceptors (Lipinski definition) is 2. The van der Waals surface area contributed by atoms with Crippen LogP contribution in [-0.4, -0.2) is 17.2 Å². The van der Waals surface area contributed by atoms with Gasteiger partial charge in [-0.2, -0.15) is 0 Å². The van der Waals surface area contributed by atoms with Gasteiger partial charge in [0.05, 0.1) is 17.2 Å². The Balaban J connectivity index is 2.58. The number of nitrogens with zero attached hydrogens (tertiary/aromatic N) is 1. The van der Waals surface area contributed by atoms with E-state index in [9.17, 15) is 4.79 Å². The number of primary amides is 1. The summed E-state index contributed by atoms with van der Waals surface area (Å²) in [6, 6.07) is 8.18. The van der Waals surface area contributed by atoms with Crippen molar-refractivity contribution in [1.82, 2.24) is 0 Å². The summed E-state index contributed by atoms with van der Waals surface area (Å²) in [5.74, 6) is -0.458. The van der Waals surface area contributed by atoms with E-state index in [1.807, 2.05) is 32.0 Å². The monoisotopic (exact) mass is 258 g/mol. The highest BCUT2D eigenvalue weighted by Crippen LogP contribution is 2.31. The second-order valence-corrected chi connectivity index (χ2v) is 6.27. The van der Waals surface area contributed by atoms with Gasteiger partial charge in [0.2, 0.25) is 5.91 Å².